The van der Waals surface area contributed by atoms with E-state index in [1.807, 2.05) is 0 Å². The number of ether oxygens (including phenoxy) is 1. The molecule has 268 valence electrons. The van der Waals surface area contributed by atoms with Gasteiger partial charge in [-0.05, 0) is 35.4 Å². The highest BCUT2D eigenvalue weighted by atomic mass is 16.6. The molecule has 3 rings (SSSR count). The van der Waals surface area contributed by atoms with Crippen LogP contribution in [0.15, 0.2) is 86.0 Å². The van der Waals surface area contributed by atoms with Gasteiger partial charge in [0.1, 0.15) is 16.7 Å². The van der Waals surface area contributed by atoms with Crippen molar-refractivity contribution < 1.29 is 93.5 Å². The van der Waals surface area contributed by atoms with Gasteiger partial charge in [0.2, 0.25) is 0 Å². The van der Waals surface area contributed by atoms with E-state index in [-0.39, 0.29) is 11.1 Å². The molecule has 0 aromatic heterocycles. The topological polar surface area (TPSA) is 342 Å². The van der Waals surface area contributed by atoms with Crippen LogP contribution >= 0.6 is 0 Å². The number of fused-ring (bicyclic) bond motifs is 1. The fourth-order valence-corrected chi connectivity index (χ4v) is 2.56. The van der Waals surface area contributed by atoms with E-state index in [9.17, 15) is 47.9 Å². The zero-order valence-electron chi connectivity index (χ0n) is 25.7. The molecule has 19 nitrogen and oxygen atoms in total. The standard InChI is InChI=1S/C10H8O4.C10H6O3.3C4H4O4/c1-2-6-3-4-7(9(11)12)8(5-6)10(13)14;1-2-6-3-4-7-8(5-6)10(12)13-9(7)11;3*1-2(3(5)6)4(7)8/h2-5H,1H2,(H,11,12)(H,13,14);2-5H,1H2;3*1H2,(H,5,6)(H,7,8). The van der Waals surface area contributed by atoms with Gasteiger partial charge >= 0.3 is 59.7 Å². The lowest BCUT2D eigenvalue weighted by Gasteiger charge is -2.02. The van der Waals surface area contributed by atoms with Crippen molar-refractivity contribution in [2.75, 3.05) is 0 Å². The lowest BCUT2D eigenvalue weighted by atomic mass is 10.0. The third kappa shape index (κ3) is 15.5. The van der Waals surface area contributed by atoms with Crippen LogP contribution in [-0.4, -0.2) is 101 Å². The quantitative estimate of drug-likeness (QED) is 0.0758. The maximum absolute atomic E-state index is 11.1. The summed E-state index contributed by atoms with van der Waals surface area (Å²) in [5, 5.41) is 64.7. The highest BCUT2D eigenvalue weighted by Gasteiger charge is 2.29. The lowest BCUT2D eigenvalue weighted by molar-refractivity contribution is -0.142. The van der Waals surface area contributed by atoms with Crippen molar-refractivity contribution in [3.8, 4) is 0 Å². The largest absolute Gasteiger partial charge is 0.478 e. The molecule has 0 spiro atoms. The summed E-state index contributed by atoms with van der Waals surface area (Å²) in [4.78, 5) is 101. The zero-order valence-corrected chi connectivity index (χ0v) is 25.7. The number of carboxylic acid groups (broad SMARTS) is 8. The number of aliphatic carboxylic acids is 6. The molecule has 1 aliphatic rings. The summed E-state index contributed by atoms with van der Waals surface area (Å²) in [5.41, 5.74) is -0.867. The van der Waals surface area contributed by atoms with Crippen molar-refractivity contribution in [3.63, 3.8) is 0 Å². The van der Waals surface area contributed by atoms with Crippen LogP contribution in [0.25, 0.3) is 12.2 Å². The van der Waals surface area contributed by atoms with Gasteiger partial charge < -0.3 is 45.6 Å². The SMILES string of the molecule is C=C(C(=O)O)C(=O)O.C=C(C(=O)O)C(=O)O.C=C(C(=O)O)C(=O)O.C=Cc1ccc(C(=O)O)c(C(=O)O)c1.C=Cc1ccc2c(c1)C(=O)OC2=O. The molecule has 0 saturated carbocycles. The summed E-state index contributed by atoms with van der Waals surface area (Å²) in [7, 11) is 0. The number of cyclic esters (lactones) is 2. The Morgan fingerprint density at radius 3 is 1.08 bits per heavy atom. The summed E-state index contributed by atoms with van der Waals surface area (Å²) in [6, 6.07) is 8.91. The molecule has 19 heteroatoms. The smallest absolute Gasteiger partial charge is 0.346 e. The van der Waals surface area contributed by atoms with E-state index < -0.39 is 76.4 Å². The first-order valence-electron chi connectivity index (χ1n) is 12.7. The summed E-state index contributed by atoms with van der Waals surface area (Å²) in [5.74, 6) is -12.7. The van der Waals surface area contributed by atoms with Crippen LogP contribution in [0.4, 0.5) is 0 Å². The maximum atomic E-state index is 11.1. The average molecular weight is 715 g/mol. The first-order valence-corrected chi connectivity index (χ1v) is 12.7. The second-order valence-corrected chi connectivity index (χ2v) is 8.57. The van der Waals surface area contributed by atoms with E-state index in [1.165, 1.54) is 24.3 Å². The Labute approximate surface area is 284 Å². The van der Waals surface area contributed by atoms with E-state index >= 15 is 0 Å². The normalized spacial score (nSPS) is 9.88. The number of carbonyl (C=O) groups is 10. The molecule has 0 aliphatic carbocycles. The Morgan fingerprint density at radius 2 is 0.784 bits per heavy atom. The molecule has 0 atom stereocenters. The molecule has 0 fully saturated rings. The van der Waals surface area contributed by atoms with Crippen LogP contribution in [0.3, 0.4) is 0 Å². The minimum Gasteiger partial charge on any atom is -0.478 e. The van der Waals surface area contributed by atoms with Crippen molar-refractivity contribution in [2.24, 2.45) is 0 Å². The average Bonchev–Trinajstić information content (AvgIpc) is 3.35. The first kappa shape index (κ1) is 45.2. The van der Waals surface area contributed by atoms with Crippen LogP contribution in [0.2, 0.25) is 0 Å². The molecule has 0 unspecified atom stereocenters. The number of rotatable bonds is 10. The van der Waals surface area contributed by atoms with Crippen LogP contribution in [-0.2, 0) is 33.5 Å². The van der Waals surface area contributed by atoms with Crippen LogP contribution in [0.5, 0.6) is 0 Å². The third-order valence-corrected chi connectivity index (χ3v) is 5.19. The van der Waals surface area contributed by atoms with Crippen molar-refractivity contribution in [3.05, 3.63) is 119 Å². The van der Waals surface area contributed by atoms with E-state index in [1.54, 1.807) is 24.3 Å². The third-order valence-electron chi connectivity index (χ3n) is 5.19. The van der Waals surface area contributed by atoms with Crippen molar-refractivity contribution >= 4 is 71.8 Å². The van der Waals surface area contributed by atoms with Gasteiger partial charge in [-0.3, -0.25) is 0 Å². The number of hydrogen-bond donors (Lipinski definition) is 8. The number of hydrogen-bond acceptors (Lipinski definition) is 11. The van der Waals surface area contributed by atoms with E-state index in [0.29, 0.717) is 16.7 Å². The highest BCUT2D eigenvalue weighted by Crippen LogP contribution is 2.21. The number of esters is 2. The van der Waals surface area contributed by atoms with E-state index in [0.717, 1.165) is 5.56 Å². The van der Waals surface area contributed by atoms with Crippen molar-refractivity contribution in [1.82, 2.24) is 0 Å². The monoisotopic (exact) mass is 714 g/mol. The Balaban J connectivity index is 0. The zero-order chi connectivity index (χ0) is 40.3. The van der Waals surface area contributed by atoms with Gasteiger partial charge in [-0.2, -0.15) is 0 Å². The molecular weight excluding hydrogens is 688 g/mol. The summed E-state index contributed by atoms with van der Waals surface area (Å²) in [6.07, 6.45) is 3.06. The number of aromatic carboxylic acids is 2. The van der Waals surface area contributed by atoms with Gasteiger partial charge in [0.05, 0.1) is 22.3 Å². The predicted molar refractivity (Wildman–Crippen MR) is 170 cm³/mol. The van der Waals surface area contributed by atoms with Crippen molar-refractivity contribution in [1.29, 1.82) is 0 Å². The molecule has 0 bridgehead atoms. The van der Waals surface area contributed by atoms with Gasteiger partial charge in [0, 0.05) is 0 Å². The number of benzene rings is 2. The number of carboxylic acids is 8. The van der Waals surface area contributed by atoms with E-state index in [4.69, 9.17) is 40.9 Å². The van der Waals surface area contributed by atoms with Gasteiger partial charge in [0.25, 0.3) is 0 Å². The molecule has 2 aromatic carbocycles. The molecule has 2 aromatic rings. The fraction of sp³-hybridized carbons (Fsp3) is 0. The molecular formula is C32H26O19. The molecule has 8 N–H and O–H groups in total. The first-order chi connectivity index (χ1) is 23.4. The molecule has 0 amide bonds. The highest BCUT2D eigenvalue weighted by molar-refractivity contribution is 6.15. The Morgan fingerprint density at radius 1 is 0.471 bits per heavy atom. The summed E-state index contributed by atoms with van der Waals surface area (Å²) in [6.45, 7) is 15.3. The van der Waals surface area contributed by atoms with Crippen LogP contribution < -0.4 is 0 Å². The lowest BCUT2D eigenvalue weighted by Crippen LogP contribution is -2.08. The molecule has 0 radical (unpaired) electrons. The van der Waals surface area contributed by atoms with Gasteiger partial charge in [-0.15, -0.1) is 0 Å². The predicted octanol–water partition coefficient (Wildman–Crippen LogP) is 2.50. The second kappa shape index (κ2) is 21.0. The maximum Gasteiger partial charge on any atom is 0.346 e. The number of carbonyl (C=O) groups excluding carboxylic acids is 2. The second-order valence-electron chi connectivity index (χ2n) is 8.57. The van der Waals surface area contributed by atoms with Gasteiger partial charge in [-0.25, -0.2) is 47.9 Å². The summed E-state index contributed by atoms with van der Waals surface area (Å²) < 4.78 is 4.42. The minimum atomic E-state index is -1.50. The van der Waals surface area contributed by atoms with Crippen LogP contribution in [0, 0.1) is 0 Å². The Hall–Kier alpha value is -7.96. The summed E-state index contributed by atoms with van der Waals surface area (Å²) >= 11 is 0. The Bertz CT molecular complexity index is 1730. The van der Waals surface area contributed by atoms with E-state index in [2.05, 4.69) is 37.6 Å². The van der Waals surface area contributed by atoms with Gasteiger partial charge in [-0.1, -0.05) is 57.2 Å². The molecule has 51 heavy (non-hydrogen) atoms. The fourth-order valence-electron chi connectivity index (χ4n) is 2.56. The minimum absolute atomic E-state index is 0.219. The van der Waals surface area contributed by atoms with Crippen molar-refractivity contribution in [2.45, 2.75) is 0 Å². The molecule has 0 saturated heterocycles. The molecule has 1 aliphatic heterocycles. The van der Waals surface area contributed by atoms with Crippen LogP contribution in [0.1, 0.15) is 52.6 Å². The Kier molecular flexibility index (Phi) is 18.6. The molecule has 1 heterocycles. The van der Waals surface area contributed by atoms with Gasteiger partial charge in [0.15, 0.2) is 0 Å².